The van der Waals surface area contributed by atoms with Crippen LogP contribution in [0.3, 0.4) is 0 Å². The summed E-state index contributed by atoms with van der Waals surface area (Å²) < 4.78 is 5.57. The third kappa shape index (κ3) is 5.39. The number of anilines is 1. The lowest BCUT2D eigenvalue weighted by molar-refractivity contribution is -0.116. The first-order valence-electron chi connectivity index (χ1n) is 7.75. The molecule has 5 heteroatoms. The van der Waals surface area contributed by atoms with Crippen molar-refractivity contribution in [1.82, 2.24) is 0 Å². The highest BCUT2D eigenvalue weighted by Gasteiger charge is 2.06. The van der Waals surface area contributed by atoms with Crippen LogP contribution in [0.2, 0.25) is 5.02 Å². The summed E-state index contributed by atoms with van der Waals surface area (Å²) in [6.07, 6.45) is 0.956. The lowest BCUT2D eigenvalue weighted by atomic mass is 10.1. The van der Waals surface area contributed by atoms with E-state index in [-0.39, 0.29) is 11.7 Å². The van der Waals surface area contributed by atoms with Gasteiger partial charge in [0, 0.05) is 22.7 Å². The molecule has 0 atom stereocenters. The predicted molar refractivity (Wildman–Crippen MR) is 96.0 cm³/mol. The van der Waals surface area contributed by atoms with Crippen molar-refractivity contribution in [2.75, 3.05) is 11.9 Å². The molecule has 0 aliphatic heterocycles. The number of benzene rings is 2. The quantitative estimate of drug-likeness (QED) is 0.587. The van der Waals surface area contributed by atoms with E-state index in [0.717, 1.165) is 11.3 Å². The molecule has 2 aromatic carbocycles. The van der Waals surface area contributed by atoms with Gasteiger partial charge in [-0.3, -0.25) is 9.59 Å². The number of ketones is 1. The molecule has 0 unspecified atom stereocenters. The average Bonchev–Trinajstić information content (AvgIpc) is 2.55. The van der Waals surface area contributed by atoms with Gasteiger partial charge in [-0.2, -0.15) is 0 Å². The summed E-state index contributed by atoms with van der Waals surface area (Å²) in [5.41, 5.74) is 2.35. The Morgan fingerprint density at radius 2 is 1.83 bits per heavy atom. The number of hydrogen-bond acceptors (Lipinski definition) is 3. The standard InChI is InChI=1S/C19H20ClNO3/c1-13-5-8-16(20)12-18(13)21-19(23)4-3-11-24-17-9-6-15(7-10-17)14(2)22/h5-10,12H,3-4,11H2,1-2H3,(H,21,23). The van der Waals surface area contributed by atoms with Crippen LogP contribution >= 0.6 is 11.6 Å². The average molecular weight is 346 g/mol. The first-order chi connectivity index (χ1) is 11.5. The molecule has 24 heavy (non-hydrogen) atoms. The topological polar surface area (TPSA) is 55.4 Å². The highest BCUT2D eigenvalue weighted by molar-refractivity contribution is 6.31. The lowest BCUT2D eigenvalue weighted by Gasteiger charge is -2.09. The number of amides is 1. The number of carbonyl (C=O) groups is 2. The van der Waals surface area contributed by atoms with Crippen molar-refractivity contribution in [3.8, 4) is 5.75 Å². The summed E-state index contributed by atoms with van der Waals surface area (Å²) >= 11 is 5.93. The van der Waals surface area contributed by atoms with Crippen LogP contribution < -0.4 is 10.1 Å². The molecule has 0 radical (unpaired) electrons. The van der Waals surface area contributed by atoms with Crippen molar-refractivity contribution in [2.45, 2.75) is 26.7 Å². The minimum atomic E-state index is -0.0732. The van der Waals surface area contributed by atoms with E-state index >= 15 is 0 Å². The number of Topliss-reactive ketones (excluding diaryl/α,β-unsaturated/α-hetero) is 1. The minimum absolute atomic E-state index is 0.0227. The van der Waals surface area contributed by atoms with Crippen LogP contribution in [-0.4, -0.2) is 18.3 Å². The summed E-state index contributed by atoms with van der Waals surface area (Å²) in [5.74, 6) is 0.636. The molecule has 1 N–H and O–H groups in total. The maximum Gasteiger partial charge on any atom is 0.224 e. The molecule has 2 aromatic rings. The monoisotopic (exact) mass is 345 g/mol. The molecule has 2 rings (SSSR count). The van der Waals surface area contributed by atoms with Crippen molar-refractivity contribution < 1.29 is 14.3 Å². The Kier molecular flexibility index (Phi) is 6.38. The van der Waals surface area contributed by atoms with Gasteiger partial charge in [-0.15, -0.1) is 0 Å². The maximum atomic E-state index is 12.0. The van der Waals surface area contributed by atoms with Gasteiger partial charge in [-0.25, -0.2) is 0 Å². The summed E-state index contributed by atoms with van der Waals surface area (Å²) in [7, 11) is 0. The van der Waals surface area contributed by atoms with Crippen molar-refractivity contribution in [3.63, 3.8) is 0 Å². The molecular weight excluding hydrogens is 326 g/mol. The molecule has 0 spiro atoms. The fraction of sp³-hybridized carbons (Fsp3) is 0.263. The second kappa shape index (κ2) is 8.50. The molecule has 0 saturated carbocycles. The van der Waals surface area contributed by atoms with E-state index in [1.54, 1.807) is 36.4 Å². The zero-order valence-electron chi connectivity index (χ0n) is 13.8. The van der Waals surface area contributed by atoms with Gasteiger partial charge in [0.05, 0.1) is 6.61 Å². The molecule has 0 saturated heterocycles. The van der Waals surface area contributed by atoms with Crippen LogP contribution in [0, 0.1) is 6.92 Å². The van der Waals surface area contributed by atoms with Crippen LogP contribution in [0.1, 0.15) is 35.7 Å². The van der Waals surface area contributed by atoms with Gasteiger partial charge in [0.15, 0.2) is 5.78 Å². The Morgan fingerprint density at radius 3 is 2.50 bits per heavy atom. The van der Waals surface area contributed by atoms with E-state index < -0.39 is 0 Å². The van der Waals surface area contributed by atoms with Crippen molar-refractivity contribution in [2.24, 2.45) is 0 Å². The molecule has 0 aliphatic rings. The zero-order chi connectivity index (χ0) is 17.5. The predicted octanol–water partition coefficient (Wildman–Crippen LogP) is 4.65. The highest BCUT2D eigenvalue weighted by atomic mass is 35.5. The lowest BCUT2D eigenvalue weighted by Crippen LogP contribution is -2.13. The molecule has 0 heterocycles. The highest BCUT2D eigenvalue weighted by Crippen LogP contribution is 2.20. The third-order valence-electron chi connectivity index (χ3n) is 3.55. The molecule has 0 aliphatic carbocycles. The van der Waals surface area contributed by atoms with Crippen LogP contribution in [0.5, 0.6) is 5.75 Å². The summed E-state index contributed by atoms with van der Waals surface area (Å²) in [6.45, 7) is 3.87. The third-order valence-corrected chi connectivity index (χ3v) is 3.79. The molecule has 0 bridgehead atoms. The smallest absolute Gasteiger partial charge is 0.224 e. The molecule has 0 fully saturated rings. The minimum Gasteiger partial charge on any atom is -0.494 e. The van der Waals surface area contributed by atoms with Crippen LogP contribution in [-0.2, 0) is 4.79 Å². The Bertz CT molecular complexity index is 726. The maximum absolute atomic E-state index is 12.0. The van der Waals surface area contributed by atoms with Crippen molar-refractivity contribution in [1.29, 1.82) is 0 Å². The molecule has 0 aromatic heterocycles. The number of ether oxygens (including phenoxy) is 1. The number of nitrogens with one attached hydrogen (secondary N) is 1. The number of hydrogen-bond donors (Lipinski definition) is 1. The van der Waals surface area contributed by atoms with E-state index in [4.69, 9.17) is 16.3 Å². The fourth-order valence-electron chi connectivity index (χ4n) is 2.15. The summed E-state index contributed by atoms with van der Waals surface area (Å²) in [4.78, 5) is 23.2. The first kappa shape index (κ1) is 18.0. The van der Waals surface area contributed by atoms with E-state index in [1.807, 2.05) is 13.0 Å². The van der Waals surface area contributed by atoms with E-state index in [0.29, 0.717) is 35.8 Å². The van der Waals surface area contributed by atoms with Crippen LogP contribution in [0.25, 0.3) is 0 Å². The normalized spacial score (nSPS) is 10.3. The largest absolute Gasteiger partial charge is 0.494 e. The van der Waals surface area contributed by atoms with Crippen molar-refractivity contribution >= 4 is 29.0 Å². The molecule has 126 valence electrons. The summed E-state index contributed by atoms with van der Waals surface area (Å²) in [5, 5.41) is 3.44. The number of aryl methyl sites for hydroxylation is 1. The van der Waals surface area contributed by atoms with E-state index in [1.165, 1.54) is 6.92 Å². The summed E-state index contributed by atoms with van der Waals surface area (Å²) in [6, 6.07) is 12.4. The van der Waals surface area contributed by atoms with Gasteiger partial charge in [0.25, 0.3) is 0 Å². The van der Waals surface area contributed by atoms with E-state index in [2.05, 4.69) is 5.32 Å². The Labute approximate surface area is 146 Å². The SMILES string of the molecule is CC(=O)c1ccc(OCCCC(=O)Nc2cc(Cl)ccc2C)cc1. The molecule has 4 nitrogen and oxygen atoms in total. The van der Waals surface area contributed by atoms with Crippen LogP contribution in [0.15, 0.2) is 42.5 Å². The van der Waals surface area contributed by atoms with Gasteiger partial charge in [-0.1, -0.05) is 17.7 Å². The first-order valence-corrected chi connectivity index (χ1v) is 8.13. The molecule has 1 amide bonds. The van der Waals surface area contributed by atoms with Gasteiger partial charge in [0.2, 0.25) is 5.91 Å². The number of carbonyl (C=O) groups excluding carboxylic acids is 2. The van der Waals surface area contributed by atoms with Gasteiger partial charge < -0.3 is 10.1 Å². The van der Waals surface area contributed by atoms with Gasteiger partial charge in [0.1, 0.15) is 5.75 Å². The van der Waals surface area contributed by atoms with Crippen LogP contribution in [0.4, 0.5) is 5.69 Å². The second-order valence-electron chi connectivity index (χ2n) is 5.54. The fourth-order valence-corrected chi connectivity index (χ4v) is 2.32. The van der Waals surface area contributed by atoms with Crippen molar-refractivity contribution in [3.05, 3.63) is 58.6 Å². The van der Waals surface area contributed by atoms with E-state index in [9.17, 15) is 9.59 Å². The second-order valence-corrected chi connectivity index (χ2v) is 5.98. The Balaban J connectivity index is 1.74. The Hall–Kier alpha value is -2.33. The molecular formula is C19H20ClNO3. The van der Waals surface area contributed by atoms with Gasteiger partial charge in [-0.05, 0) is 62.2 Å². The Morgan fingerprint density at radius 1 is 1.12 bits per heavy atom. The zero-order valence-corrected chi connectivity index (χ0v) is 14.5. The number of halogens is 1. The van der Waals surface area contributed by atoms with Gasteiger partial charge >= 0.3 is 0 Å². The number of rotatable bonds is 7.